The minimum absolute atomic E-state index is 0.0557. The van der Waals surface area contributed by atoms with E-state index in [1.165, 1.54) is 39.3 Å². The van der Waals surface area contributed by atoms with Gasteiger partial charge in [0.1, 0.15) is 34.0 Å². The fourth-order valence-electron chi connectivity index (χ4n) is 3.03. The predicted octanol–water partition coefficient (Wildman–Crippen LogP) is 3.64. The van der Waals surface area contributed by atoms with Crippen LogP contribution in [0, 0.1) is 11.3 Å². The van der Waals surface area contributed by atoms with Gasteiger partial charge in [0, 0.05) is 12.5 Å². The van der Waals surface area contributed by atoms with E-state index in [2.05, 4.69) is 25.6 Å². The first-order valence-corrected chi connectivity index (χ1v) is 12.5. The van der Waals surface area contributed by atoms with E-state index >= 15 is 0 Å². The first kappa shape index (κ1) is 24.2. The van der Waals surface area contributed by atoms with Crippen LogP contribution >= 0.6 is 22.7 Å². The summed E-state index contributed by atoms with van der Waals surface area (Å²) < 4.78 is 7.06. The maximum Gasteiger partial charge on any atom is 0.275 e. The number of anilines is 1. The molecule has 0 atom stereocenters. The van der Waals surface area contributed by atoms with Crippen LogP contribution in [0.25, 0.3) is 11.0 Å². The van der Waals surface area contributed by atoms with Gasteiger partial charge in [0.05, 0.1) is 5.69 Å². The SMILES string of the molecule is CCCc1nnc(NC(=O)/C(C#N)=C\c2ccc(OCc3cc(=O)n4nc(CC)sc4n3)cc2)s1. The van der Waals surface area contributed by atoms with Gasteiger partial charge in [0.15, 0.2) is 0 Å². The number of hydrogen-bond donors (Lipinski definition) is 1. The number of aromatic nitrogens is 5. The second-order valence-electron chi connectivity index (χ2n) is 7.36. The summed E-state index contributed by atoms with van der Waals surface area (Å²) >= 11 is 2.67. The van der Waals surface area contributed by atoms with Crippen LogP contribution in [0.4, 0.5) is 5.13 Å². The molecule has 35 heavy (non-hydrogen) atoms. The number of carbonyl (C=O) groups excluding carboxylic acids is 1. The molecular weight excluding hydrogens is 486 g/mol. The van der Waals surface area contributed by atoms with E-state index in [-0.39, 0.29) is 17.7 Å². The van der Waals surface area contributed by atoms with Gasteiger partial charge in [-0.3, -0.25) is 14.9 Å². The number of rotatable bonds is 9. The average molecular weight is 508 g/mol. The molecule has 12 heteroatoms. The van der Waals surface area contributed by atoms with Crippen LogP contribution in [-0.2, 0) is 24.2 Å². The van der Waals surface area contributed by atoms with Gasteiger partial charge in [-0.2, -0.15) is 14.9 Å². The highest BCUT2D eigenvalue weighted by molar-refractivity contribution is 7.16. The second-order valence-corrected chi connectivity index (χ2v) is 9.46. The summed E-state index contributed by atoms with van der Waals surface area (Å²) in [7, 11) is 0. The highest BCUT2D eigenvalue weighted by atomic mass is 32.1. The van der Waals surface area contributed by atoms with Gasteiger partial charge in [-0.25, -0.2) is 4.98 Å². The summed E-state index contributed by atoms with van der Waals surface area (Å²) in [6.45, 7) is 4.13. The lowest BCUT2D eigenvalue weighted by molar-refractivity contribution is -0.112. The molecule has 0 saturated heterocycles. The Bertz CT molecular complexity index is 1480. The van der Waals surface area contributed by atoms with Crippen molar-refractivity contribution in [2.45, 2.75) is 39.7 Å². The smallest absolute Gasteiger partial charge is 0.275 e. The predicted molar refractivity (Wildman–Crippen MR) is 133 cm³/mol. The van der Waals surface area contributed by atoms with Crippen LogP contribution in [0.2, 0.25) is 0 Å². The number of nitrogens with zero attached hydrogens (tertiary/aromatic N) is 6. The molecule has 3 heterocycles. The van der Waals surface area contributed by atoms with Crippen LogP contribution in [0.5, 0.6) is 5.75 Å². The number of nitrogens with one attached hydrogen (secondary N) is 1. The lowest BCUT2D eigenvalue weighted by atomic mass is 10.1. The average Bonchev–Trinajstić information content (AvgIpc) is 3.49. The van der Waals surface area contributed by atoms with Crippen molar-refractivity contribution in [2.75, 3.05) is 5.32 Å². The van der Waals surface area contributed by atoms with E-state index in [9.17, 15) is 14.9 Å². The minimum Gasteiger partial charge on any atom is -0.487 e. The number of hydrogen-bond acceptors (Lipinski definition) is 10. The normalized spacial score (nSPS) is 11.4. The fourth-order valence-corrected chi connectivity index (χ4v) is 4.72. The minimum atomic E-state index is -0.547. The zero-order chi connectivity index (χ0) is 24.8. The van der Waals surface area contributed by atoms with E-state index < -0.39 is 5.91 Å². The third kappa shape index (κ3) is 5.95. The third-order valence-corrected chi connectivity index (χ3v) is 6.69. The molecule has 0 spiro atoms. The van der Waals surface area contributed by atoms with Crippen LogP contribution in [0.3, 0.4) is 0 Å². The Morgan fingerprint density at radius 3 is 2.71 bits per heavy atom. The molecule has 0 radical (unpaired) electrons. The van der Waals surface area contributed by atoms with Gasteiger partial charge in [0.2, 0.25) is 10.1 Å². The fraction of sp³-hybridized carbons (Fsp3) is 0.261. The van der Waals surface area contributed by atoms with Gasteiger partial charge < -0.3 is 4.74 Å². The molecule has 0 fully saturated rings. The molecule has 0 saturated carbocycles. The molecule has 10 nitrogen and oxygen atoms in total. The topological polar surface area (TPSA) is 135 Å². The highest BCUT2D eigenvalue weighted by Crippen LogP contribution is 2.19. The third-order valence-electron chi connectivity index (χ3n) is 4.74. The Balaban J connectivity index is 1.40. The van der Waals surface area contributed by atoms with E-state index in [1.54, 1.807) is 24.3 Å². The molecule has 1 aromatic carbocycles. The van der Waals surface area contributed by atoms with Crippen molar-refractivity contribution < 1.29 is 9.53 Å². The van der Waals surface area contributed by atoms with E-state index in [0.717, 1.165) is 29.3 Å². The molecule has 4 rings (SSSR count). The van der Waals surface area contributed by atoms with Gasteiger partial charge in [-0.15, -0.1) is 10.2 Å². The molecule has 0 aliphatic carbocycles. The first-order valence-electron chi connectivity index (χ1n) is 10.9. The summed E-state index contributed by atoms with van der Waals surface area (Å²) in [5.74, 6) is 0.0112. The number of ether oxygens (including phenoxy) is 1. The zero-order valence-corrected chi connectivity index (χ0v) is 20.7. The molecule has 1 amide bonds. The van der Waals surface area contributed by atoms with Gasteiger partial charge in [-0.05, 0) is 36.6 Å². The summed E-state index contributed by atoms with van der Waals surface area (Å²) in [6.07, 6.45) is 3.94. The molecule has 4 aromatic rings. The molecule has 0 unspecified atom stereocenters. The Hall–Kier alpha value is -3.95. The van der Waals surface area contributed by atoms with Crippen molar-refractivity contribution in [3.8, 4) is 11.8 Å². The Morgan fingerprint density at radius 2 is 2.00 bits per heavy atom. The first-order chi connectivity index (χ1) is 17.0. The Kier molecular flexibility index (Phi) is 7.59. The number of aryl methyl sites for hydroxylation is 2. The highest BCUT2D eigenvalue weighted by Gasteiger charge is 2.13. The van der Waals surface area contributed by atoms with Crippen LogP contribution < -0.4 is 15.6 Å². The number of amides is 1. The molecule has 178 valence electrons. The molecule has 1 N–H and O–H groups in total. The van der Waals surface area contributed by atoms with Gasteiger partial charge in [-0.1, -0.05) is 48.7 Å². The summed E-state index contributed by atoms with van der Waals surface area (Å²) in [6, 6.07) is 10.2. The maximum absolute atomic E-state index is 12.5. The van der Waals surface area contributed by atoms with Crippen molar-refractivity contribution >= 4 is 44.7 Å². The Labute approximate surface area is 208 Å². The van der Waals surface area contributed by atoms with Gasteiger partial charge >= 0.3 is 0 Å². The summed E-state index contributed by atoms with van der Waals surface area (Å²) in [5.41, 5.74) is 0.859. The monoisotopic (exact) mass is 507 g/mol. The number of carbonyl (C=O) groups is 1. The van der Waals surface area contributed by atoms with Crippen LogP contribution in [0.1, 0.15) is 41.5 Å². The molecule has 0 aliphatic rings. The van der Waals surface area contributed by atoms with E-state index in [4.69, 9.17) is 4.74 Å². The lowest BCUT2D eigenvalue weighted by Gasteiger charge is -2.06. The Morgan fingerprint density at radius 1 is 1.20 bits per heavy atom. The molecule has 3 aromatic heterocycles. The van der Waals surface area contributed by atoms with Crippen molar-refractivity contribution in [2.24, 2.45) is 0 Å². The lowest BCUT2D eigenvalue weighted by Crippen LogP contribution is -2.16. The number of benzene rings is 1. The van der Waals surface area contributed by atoms with Crippen molar-refractivity contribution in [3.05, 3.63) is 67.5 Å². The van der Waals surface area contributed by atoms with Crippen LogP contribution in [-0.4, -0.2) is 30.7 Å². The van der Waals surface area contributed by atoms with E-state index in [1.807, 2.05) is 19.9 Å². The van der Waals surface area contributed by atoms with Gasteiger partial charge in [0.25, 0.3) is 11.5 Å². The number of fused-ring (bicyclic) bond motifs is 1. The van der Waals surface area contributed by atoms with Crippen molar-refractivity contribution in [3.63, 3.8) is 0 Å². The standard InChI is InChI=1S/C23H21N7O3S2/c1-3-5-19-27-28-22(34-19)26-21(32)15(12-24)10-14-6-8-17(9-7-14)33-13-16-11-20(31)30-23(25-16)35-18(4-2)29-30/h6-11H,3-5,13H2,1-2H3,(H,26,28,32)/b15-10-. The quantitative estimate of drug-likeness (QED) is 0.268. The largest absolute Gasteiger partial charge is 0.487 e. The van der Waals surface area contributed by atoms with Crippen molar-refractivity contribution in [1.82, 2.24) is 24.8 Å². The zero-order valence-electron chi connectivity index (χ0n) is 19.0. The maximum atomic E-state index is 12.5. The second kappa shape index (κ2) is 11.0. The number of nitriles is 1. The molecule has 0 aliphatic heterocycles. The molecular formula is C23H21N7O3S2. The van der Waals surface area contributed by atoms with Crippen molar-refractivity contribution in [1.29, 1.82) is 5.26 Å². The van der Waals surface area contributed by atoms with Crippen LogP contribution in [0.15, 0.2) is 40.7 Å². The summed E-state index contributed by atoms with van der Waals surface area (Å²) in [4.78, 5) is 29.7. The molecule has 0 bridgehead atoms. The van der Waals surface area contributed by atoms with E-state index in [0.29, 0.717) is 27.1 Å². The summed E-state index contributed by atoms with van der Waals surface area (Å²) in [5, 5.41) is 26.3.